The van der Waals surface area contributed by atoms with Crippen LogP contribution in [0, 0.1) is 11.8 Å². The lowest BCUT2D eigenvalue weighted by molar-refractivity contribution is -0.139. The van der Waals surface area contributed by atoms with Crippen LogP contribution in [0.1, 0.15) is 58.3 Å². The highest BCUT2D eigenvalue weighted by Crippen LogP contribution is 2.28. The maximum absolute atomic E-state index is 12.3. The van der Waals surface area contributed by atoms with Crippen molar-refractivity contribution in [1.29, 1.82) is 0 Å². The lowest BCUT2D eigenvalue weighted by atomic mass is 9.84. The van der Waals surface area contributed by atoms with Crippen molar-refractivity contribution < 1.29 is 4.79 Å². The number of amides is 1. The van der Waals surface area contributed by atoms with Crippen LogP contribution >= 0.6 is 0 Å². The van der Waals surface area contributed by atoms with Crippen LogP contribution in [-0.2, 0) is 4.79 Å². The zero-order valence-electron chi connectivity index (χ0n) is 17.4. The monoisotopic (exact) mass is 377 g/mol. The highest BCUT2D eigenvalue weighted by atomic mass is 16.2. The molecule has 3 rings (SSSR count). The van der Waals surface area contributed by atoms with E-state index >= 15 is 0 Å². The molecule has 27 heavy (non-hydrogen) atoms. The summed E-state index contributed by atoms with van der Waals surface area (Å²) in [5.74, 6) is 2.55. The fraction of sp³-hybridized carbons (Fsp3) is 0.905. The number of hydrogen-bond donors (Lipinski definition) is 2. The minimum Gasteiger partial charge on any atom is -0.355 e. The van der Waals surface area contributed by atoms with Crippen molar-refractivity contribution in [1.82, 2.24) is 20.4 Å². The third kappa shape index (κ3) is 5.84. The summed E-state index contributed by atoms with van der Waals surface area (Å²) >= 11 is 0. The molecule has 3 aliphatic rings. The molecule has 154 valence electrons. The summed E-state index contributed by atoms with van der Waals surface area (Å²) in [4.78, 5) is 21.3. The maximum atomic E-state index is 12.3. The van der Waals surface area contributed by atoms with E-state index in [4.69, 9.17) is 0 Å². The molecule has 0 bridgehead atoms. The lowest BCUT2D eigenvalue weighted by Crippen LogP contribution is -2.53. The number of carbonyl (C=O) groups is 1. The Balaban J connectivity index is 1.31. The van der Waals surface area contributed by atoms with E-state index in [2.05, 4.69) is 32.3 Å². The molecule has 1 heterocycles. The lowest BCUT2D eigenvalue weighted by Gasteiger charge is -2.38. The van der Waals surface area contributed by atoms with Crippen molar-refractivity contribution in [3.8, 4) is 0 Å². The summed E-state index contributed by atoms with van der Waals surface area (Å²) in [6, 6.07) is 0.566. The first kappa shape index (κ1) is 20.4. The minimum absolute atomic E-state index is 0.333. The van der Waals surface area contributed by atoms with Gasteiger partial charge in [0.05, 0.1) is 0 Å². The van der Waals surface area contributed by atoms with E-state index in [9.17, 15) is 4.79 Å². The second-order valence-corrected chi connectivity index (χ2v) is 8.58. The van der Waals surface area contributed by atoms with Gasteiger partial charge in [0.15, 0.2) is 5.96 Å². The van der Waals surface area contributed by atoms with Gasteiger partial charge in [-0.15, -0.1) is 0 Å². The highest BCUT2D eigenvalue weighted by Gasteiger charge is 2.31. The Hall–Kier alpha value is -1.30. The smallest absolute Gasteiger partial charge is 0.225 e. The summed E-state index contributed by atoms with van der Waals surface area (Å²) in [5.41, 5.74) is 0. The van der Waals surface area contributed by atoms with Gasteiger partial charge in [0.1, 0.15) is 0 Å². The molecule has 6 heteroatoms. The van der Waals surface area contributed by atoms with Gasteiger partial charge in [-0.2, -0.15) is 0 Å². The van der Waals surface area contributed by atoms with Gasteiger partial charge in [0.2, 0.25) is 5.91 Å². The normalized spacial score (nSPS) is 27.9. The van der Waals surface area contributed by atoms with Gasteiger partial charge in [-0.1, -0.05) is 32.6 Å². The van der Waals surface area contributed by atoms with Crippen molar-refractivity contribution in [3.63, 3.8) is 0 Å². The Kier molecular flexibility index (Phi) is 7.80. The first-order valence-corrected chi connectivity index (χ1v) is 11.2. The Labute approximate surface area is 165 Å². The van der Waals surface area contributed by atoms with Gasteiger partial charge < -0.3 is 15.5 Å². The Morgan fingerprint density at radius 2 is 1.81 bits per heavy atom. The number of guanidine groups is 1. The van der Waals surface area contributed by atoms with E-state index in [0.29, 0.717) is 17.9 Å². The SMILES string of the molecule is CCC1CCCC(NC(=NC)NCCN2CCN(C(=O)C3CCC3)CC2)C1. The summed E-state index contributed by atoms with van der Waals surface area (Å²) < 4.78 is 0. The molecule has 2 unspecified atom stereocenters. The summed E-state index contributed by atoms with van der Waals surface area (Å²) in [6.45, 7) is 7.99. The summed E-state index contributed by atoms with van der Waals surface area (Å²) in [7, 11) is 1.86. The van der Waals surface area contributed by atoms with Crippen molar-refractivity contribution in [3.05, 3.63) is 0 Å². The van der Waals surface area contributed by atoms with E-state index in [0.717, 1.165) is 64.0 Å². The molecular formula is C21H39N5O. The maximum Gasteiger partial charge on any atom is 0.225 e. The van der Waals surface area contributed by atoms with Crippen molar-refractivity contribution in [2.75, 3.05) is 46.3 Å². The zero-order chi connectivity index (χ0) is 19.1. The first-order chi connectivity index (χ1) is 13.2. The minimum atomic E-state index is 0.333. The summed E-state index contributed by atoms with van der Waals surface area (Å²) in [5, 5.41) is 7.11. The Morgan fingerprint density at radius 1 is 1.07 bits per heavy atom. The molecular weight excluding hydrogens is 338 g/mol. The Morgan fingerprint density at radius 3 is 2.44 bits per heavy atom. The zero-order valence-corrected chi connectivity index (χ0v) is 17.4. The van der Waals surface area contributed by atoms with Crippen LogP contribution in [0.2, 0.25) is 0 Å². The second kappa shape index (κ2) is 10.3. The quantitative estimate of drug-likeness (QED) is 0.549. The molecule has 0 aromatic carbocycles. The molecule has 0 radical (unpaired) electrons. The van der Waals surface area contributed by atoms with E-state index in [1.54, 1.807) is 0 Å². The van der Waals surface area contributed by atoms with E-state index in [-0.39, 0.29) is 0 Å². The third-order valence-corrected chi connectivity index (χ3v) is 6.78. The molecule has 1 saturated heterocycles. The topological polar surface area (TPSA) is 60.0 Å². The fourth-order valence-corrected chi connectivity index (χ4v) is 4.62. The largest absolute Gasteiger partial charge is 0.355 e. The third-order valence-electron chi connectivity index (χ3n) is 6.78. The second-order valence-electron chi connectivity index (χ2n) is 8.58. The molecule has 2 N–H and O–H groups in total. The highest BCUT2D eigenvalue weighted by molar-refractivity contribution is 5.80. The van der Waals surface area contributed by atoms with E-state index < -0.39 is 0 Å². The predicted octanol–water partition coefficient (Wildman–Crippen LogP) is 2.06. The van der Waals surface area contributed by atoms with Crippen LogP contribution in [0.3, 0.4) is 0 Å². The average Bonchev–Trinajstić information content (AvgIpc) is 2.66. The van der Waals surface area contributed by atoms with Crippen LogP contribution < -0.4 is 10.6 Å². The average molecular weight is 378 g/mol. The number of nitrogens with one attached hydrogen (secondary N) is 2. The van der Waals surface area contributed by atoms with E-state index in [1.807, 2.05) is 7.05 Å². The van der Waals surface area contributed by atoms with Crippen molar-refractivity contribution in [2.24, 2.45) is 16.8 Å². The number of carbonyl (C=O) groups excluding carboxylic acids is 1. The van der Waals surface area contributed by atoms with Crippen LogP contribution in [0.5, 0.6) is 0 Å². The predicted molar refractivity (Wildman–Crippen MR) is 111 cm³/mol. The fourth-order valence-electron chi connectivity index (χ4n) is 4.62. The van der Waals surface area contributed by atoms with Gasteiger partial charge in [-0.05, 0) is 31.6 Å². The molecule has 0 aromatic rings. The van der Waals surface area contributed by atoms with Gasteiger partial charge in [0, 0.05) is 58.3 Å². The number of rotatable bonds is 6. The molecule has 6 nitrogen and oxygen atoms in total. The molecule has 1 aliphatic heterocycles. The van der Waals surface area contributed by atoms with Crippen molar-refractivity contribution in [2.45, 2.75) is 64.3 Å². The molecule has 2 atom stereocenters. The van der Waals surface area contributed by atoms with Crippen LogP contribution in [0.25, 0.3) is 0 Å². The van der Waals surface area contributed by atoms with Crippen LogP contribution in [-0.4, -0.2) is 74.0 Å². The molecule has 0 aromatic heterocycles. The molecule has 0 spiro atoms. The van der Waals surface area contributed by atoms with Crippen molar-refractivity contribution >= 4 is 11.9 Å². The first-order valence-electron chi connectivity index (χ1n) is 11.2. The summed E-state index contributed by atoms with van der Waals surface area (Å²) in [6.07, 6.45) is 9.98. The number of piperazine rings is 1. The van der Waals surface area contributed by atoms with Gasteiger partial charge in [-0.3, -0.25) is 14.7 Å². The molecule has 1 amide bonds. The number of aliphatic imine (C=N–C) groups is 1. The van der Waals surface area contributed by atoms with Gasteiger partial charge >= 0.3 is 0 Å². The molecule has 2 saturated carbocycles. The Bertz CT molecular complexity index is 497. The van der Waals surface area contributed by atoms with Crippen LogP contribution in [0.15, 0.2) is 4.99 Å². The standard InChI is InChI=1S/C21H39N5O/c1-3-17-6-4-9-19(16-17)24-21(22-2)23-10-11-25-12-14-26(15-13-25)20(27)18-7-5-8-18/h17-19H,3-16H2,1-2H3,(H2,22,23,24). The van der Waals surface area contributed by atoms with Crippen LogP contribution in [0.4, 0.5) is 0 Å². The number of hydrogen-bond acceptors (Lipinski definition) is 3. The van der Waals surface area contributed by atoms with Gasteiger partial charge in [-0.25, -0.2) is 0 Å². The van der Waals surface area contributed by atoms with E-state index in [1.165, 1.54) is 38.5 Å². The molecule has 2 aliphatic carbocycles. The van der Waals surface area contributed by atoms with Gasteiger partial charge in [0.25, 0.3) is 0 Å². The number of nitrogens with zero attached hydrogens (tertiary/aromatic N) is 3. The molecule has 3 fully saturated rings.